The highest BCUT2D eigenvalue weighted by molar-refractivity contribution is 6.30. The van der Waals surface area contributed by atoms with Crippen LogP contribution in [0.25, 0.3) is 0 Å². The van der Waals surface area contributed by atoms with E-state index >= 15 is 0 Å². The van der Waals surface area contributed by atoms with E-state index < -0.39 is 5.41 Å². The van der Waals surface area contributed by atoms with Gasteiger partial charge >= 0.3 is 0 Å². The molecule has 0 saturated carbocycles. The molecule has 0 aromatic heterocycles. The molecule has 0 radical (unpaired) electrons. The van der Waals surface area contributed by atoms with Crippen molar-refractivity contribution in [1.82, 2.24) is 0 Å². The lowest BCUT2D eigenvalue weighted by molar-refractivity contribution is -0.112. The molecule has 0 fully saturated rings. The van der Waals surface area contributed by atoms with Crippen LogP contribution in [0.4, 0.5) is 0 Å². The fourth-order valence-electron chi connectivity index (χ4n) is 2.24. The lowest BCUT2D eigenvalue weighted by atomic mass is 9.78. The number of halogens is 1. The molecule has 0 aliphatic rings. The van der Waals surface area contributed by atoms with Crippen LogP contribution in [0.15, 0.2) is 48.5 Å². The van der Waals surface area contributed by atoms with E-state index in [4.69, 9.17) is 11.6 Å². The number of rotatable bonds is 4. The van der Waals surface area contributed by atoms with Gasteiger partial charge in [-0.3, -0.25) is 0 Å². The minimum atomic E-state index is -0.500. The van der Waals surface area contributed by atoms with Gasteiger partial charge in [0.2, 0.25) is 0 Å². The SMILES string of the molecule is Cc1cccc(C(C)(C=O)Cc2ccc(Cl)cc2)c1. The summed E-state index contributed by atoms with van der Waals surface area (Å²) in [7, 11) is 0. The van der Waals surface area contributed by atoms with E-state index in [0.717, 1.165) is 17.4 Å². The van der Waals surface area contributed by atoms with Gasteiger partial charge in [-0.1, -0.05) is 53.6 Å². The van der Waals surface area contributed by atoms with E-state index in [-0.39, 0.29) is 0 Å². The molecule has 2 aromatic rings. The first-order valence-corrected chi connectivity index (χ1v) is 6.69. The van der Waals surface area contributed by atoms with Gasteiger partial charge in [-0.2, -0.15) is 0 Å². The third kappa shape index (κ3) is 3.24. The van der Waals surface area contributed by atoms with Gasteiger partial charge in [0.25, 0.3) is 0 Å². The standard InChI is InChI=1S/C17H17ClO/c1-13-4-3-5-15(10-13)17(2,12-19)11-14-6-8-16(18)9-7-14/h3-10,12H,11H2,1-2H3. The monoisotopic (exact) mass is 272 g/mol. The zero-order valence-electron chi connectivity index (χ0n) is 11.2. The summed E-state index contributed by atoms with van der Waals surface area (Å²) in [6, 6.07) is 15.8. The Morgan fingerprint density at radius 1 is 1.16 bits per heavy atom. The van der Waals surface area contributed by atoms with Crippen LogP contribution >= 0.6 is 11.6 Å². The van der Waals surface area contributed by atoms with Crippen molar-refractivity contribution in [3.8, 4) is 0 Å². The Morgan fingerprint density at radius 2 is 1.84 bits per heavy atom. The number of carbonyl (C=O) groups is 1. The molecule has 0 saturated heterocycles. The van der Waals surface area contributed by atoms with Crippen molar-refractivity contribution in [2.24, 2.45) is 0 Å². The maximum atomic E-state index is 11.6. The van der Waals surface area contributed by atoms with Crippen molar-refractivity contribution >= 4 is 17.9 Å². The van der Waals surface area contributed by atoms with Crippen LogP contribution in [-0.4, -0.2) is 6.29 Å². The van der Waals surface area contributed by atoms with Crippen molar-refractivity contribution in [3.05, 3.63) is 70.2 Å². The van der Waals surface area contributed by atoms with Gasteiger partial charge in [0.1, 0.15) is 6.29 Å². The number of hydrogen-bond donors (Lipinski definition) is 0. The lowest BCUT2D eigenvalue weighted by Gasteiger charge is -2.24. The third-order valence-electron chi connectivity index (χ3n) is 3.42. The topological polar surface area (TPSA) is 17.1 Å². The summed E-state index contributed by atoms with van der Waals surface area (Å²) in [5.74, 6) is 0. The van der Waals surface area contributed by atoms with Crippen LogP contribution in [0.3, 0.4) is 0 Å². The van der Waals surface area contributed by atoms with Gasteiger partial charge < -0.3 is 4.79 Å². The minimum absolute atomic E-state index is 0.500. The average Bonchev–Trinajstić information content (AvgIpc) is 2.41. The number of hydrogen-bond acceptors (Lipinski definition) is 1. The molecule has 0 bridgehead atoms. The Hall–Kier alpha value is -1.60. The Kier molecular flexibility index (Phi) is 4.06. The molecule has 2 heteroatoms. The van der Waals surface area contributed by atoms with Crippen molar-refractivity contribution in [1.29, 1.82) is 0 Å². The molecule has 0 N–H and O–H groups in total. The number of aryl methyl sites for hydroxylation is 1. The number of benzene rings is 2. The molecule has 1 nitrogen and oxygen atoms in total. The molecule has 1 unspecified atom stereocenters. The van der Waals surface area contributed by atoms with Crippen molar-refractivity contribution in [2.75, 3.05) is 0 Å². The normalized spacial score (nSPS) is 13.8. The first-order chi connectivity index (χ1) is 9.03. The number of aldehydes is 1. The van der Waals surface area contributed by atoms with Gasteiger partial charge in [-0.25, -0.2) is 0 Å². The van der Waals surface area contributed by atoms with Crippen LogP contribution < -0.4 is 0 Å². The van der Waals surface area contributed by atoms with Gasteiger partial charge in [-0.05, 0) is 43.5 Å². The highest BCUT2D eigenvalue weighted by Crippen LogP contribution is 2.27. The average molecular weight is 273 g/mol. The molecule has 2 rings (SSSR count). The molecule has 0 heterocycles. The fourth-order valence-corrected chi connectivity index (χ4v) is 2.36. The predicted molar refractivity (Wildman–Crippen MR) is 79.8 cm³/mol. The van der Waals surface area contributed by atoms with E-state index in [2.05, 4.69) is 6.07 Å². The predicted octanol–water partition coefficient (Wildman–Crippen LogP) is 4.35. The van der Waals surface area contributed by atoms with Crippen molar-refractivity contribution in [3.63, 3.8) is 0 Å². The summed E-state index contributed by atoms with van der Waals surface area (Å²) in [6.45, 7) is 4.01. The first-order valence-electron chi connectivity index (χ1n) is 6.31. The molecule has 98 valence electrons. The summed E-state index contributed by atoms with van der Waals surface area (Å²) in [5.41, 5.74) is 2.83. The van der Waals surface area contributed by atoms with Gasteiger partial charge in [0.05, 0.1) is 5.41 Å². The fraction of sp³-hybridized carbons (Fsp3) is 0.235. The van der Waals surface area contributed by atoms with Crippen LogP contribution in [0.5, 0.6) is 0 Å². The Balaban J connectivity index is 2.32. The quantitative estimate of drug-likeness (QED) is 0.757. The van der Waals surface area contributed by atoms with E-state index in [1.54, 1.807) is 0 Å². The summed E-state index contributed by atoms with van der Waals surface area (Å²) in [4.78, 5) is 11.6. The van der Waals surface area contributed by atoms with E-state index in [1.165, 1.54) is 5.56 Å². The molecule has 0 aliphatic carbocycles. The maximum absolute atomic E-state index is 11.6. The molecular weight excluding hydrogens is 256 g/mol. The molecule has 2 aromatic carbocycles. The van der Waals surface area contributed by atoms with Crippen LogP contribution in [0, 0.1) is 6.92 Å². The minimum Gasteiger partial charge on any atom is -0.302 e. The number of carbonyl (C=O) groups excluding carboxylic acids is 1. The van der Waals surface area contributed by atoms with Crippen molar-refractivity contribution in [2.45, 2.75) is 25.7 Å². The zero-order chi connectivity index (χ0) is 13.9. The Bertz CT molecular complexity index is 574. The Morgan fingerprint density at radius 3 is 2.42 bits per heavy atom. The zero-order valence-corrected chi connectivity index (χ0v) is 11.9. The summed E-state index contributed by atoms with van der Waals surface area (Å²) in [5, 5.41) is 0.715. The highest BCUT2D eigenvalue weighted by Gasteiger charge is 2.26. The highest BCUT2D eigenvalue weighted by atomic mass is 35.5. The Labute approximate surface area is 119 Å². The van der Waals surface area contributed by atoms with E-state index in [1.807, 2.05) is 56.3 Å². The second-order valence-corrected chi connectivity index (χ2v) is 5.64. The van der Waals surface area contributed by atoms with E-state index in [0.29, 0.717) is 11.4 Å². The largest absolute Gasteiger partial charge is 0.302 e. The van der Waals surface area contributed by atoms with Crippen LogP contribution in [0.2, 0.25) is 5.02 Å². The molecule has 1 atom stereocenters. The summed E-state index contributed by atoms with van der Waals surface area (Å²) >= 11 is 5.89. The maximum Gasteiger partial charge on any atom is 0.130 e. The van der Waals surface area contributed by atoms with Gasteiger partial charge in [0, 0.05) is 5.02 Å². The smallest absolute Gasteiger partial charge is 0.130 e. The molecule has 0 aliphatic heterocycles. The molecule has 19 heavy (non-hydrogen) atoms. The second-order valence-electron chi connectivity index (χ2n) is 5.21. The lowest BCUT2D eigenvalue weighted by Crippen LogP contribution is -2.26. The third-order valence-corrected chi connectivity index (χ3v) is 3.67. The molecular formula is C17H17ClO. The second kappa shape index (κ2) is 5.58. The van der Waals surface area contributed by atoms with Gasteiger partial charge in [-0.15, -0.1) is 0 Å². The molecule has 0 amide bonds. The van der Waals surface area contributed by atoms with Crippen LogP contribution in [0.1, 0.15) is 23.6 Å². The summed E-state index contributed by atoms with van der Waals surface area (Å²) in [6.07, 6.45) is 1.72. The molecule has 0 spiro atoms. The van der Waals surface area contributed by atoms with Gasteiger partial charge in [0.15, 0.2) is 0 Å². The van der Waals surface area contributed by atoms with Crippen molar-refractivity contribution < 1.29 is 4.79 Å². The first kappa shape index (κ1) is 13.8. The summed E-state index contributed by atoms with van der Waals surface area (Å²) < 4.78 is 0. The van der Waals surface area contributed by atoms with Crippen LogP contribution in [-0.2, 0) is 16.6 Å². The van der Waals surface area contributed by atoms with E-state index in [9.17, 15) is 4.79 Å².